The number of benzene rings is 1. The molecule has 0 radical (unpaired) electrons. The largest absolute Gasteiger partial charge is 0.493 e. The van der Waals surface area contributed by atoms with Crippen LogP contribution in [0.1, 0.15) is 88.7 Å². The number of carbonyl (C=O) groups excluding carboxylic acids is 2. The number of amides is 2. The smallest absolute Gasteiger partial charge is 0.225 e. The third kappa shape index (κ3) is 6.45. The van der Waals surface area contributed by atoms with Crippen LogP contribution in [-0.4, -0.2) is 66.7 Å². The maximum atomic E-state index is 13.5. The number of methoxy groups -OCH3 is 2. The van der Waals surface area contributed by atoms with Gasteiger partial charge in [-0.15, -0.1) is 0 Å². The minimum absolute atomic E-state index is 0.0249. The lowest BCUT2D eigenvalue weighted by molar-refractivity contribution is -0.164. The van der Waals surface area contributed by atoms with E-state index in [9.17, 15) is 14.7 Å². The predicted molar refractivity (Wildman–Crippen MR) is 153 cm³/mol. The first-order valence-corrected chi connectivity index (χ1v) is 14.9. The van der Waals surface area contributed by atoms with Crippen LogP contribution < -0.4 is 9.47 Å². The first-order chi connectivity index (χ1) is 18.7. The highest BCUT2D eigenvalue weighted by molar-refractivity contribution is 5.78. The van der Waals surface area contributed by atoms with E-state index in [4.69, 9.17) is 9.47 Å². The fraction of sp³-hybridized carbons (Fsp3) is 0.688. The highest BCUT2D eigenvalue weighted by Crippen LogP contribution is 2.51. The Hall–Kier alpha value is -2.54. The standard InChI is InChI=1S/C32H48N2O5/c1-24-19-28(38-3)29(39-4)20-27(24)12-16-33(23-35)22-32(37)15-17-34(21-31(32)13-8-9-14-31)30(36)25(2)18-26-10-6-5-7-11-26/h12,16,19-20,23,25-26,37H,5-11,13-15,17-18,21-22H2,1-4H3/b16-12-/t25-,32?/m1/s1. The number of ether oxygens (including phenoxy) is 2. The molecule has 1 aromatic rings. The van der Waals surface area contributed by atoms with Crippen molar-refractivity contribution < 1.29 is 24.2 Å². The molecule has 1 saturated heterocycles. The Morgan fingerprint density at radius 1 is 1.10 bits per heavy atom. The van der Waals surface area contributed by atoms with Crippen LogP contribution in [-0.2, 0) is 9.59 Å². The number of hydrogen-bond donors (Lipinski definition) is 1. The van der Waals surface area contributed by atoms with Crippen molar-refractivity contribution in [2.45, 2.75) is 90.1 Å². The lowest BCUT2D eigenvalue weighted by atomic mass is 9.65. The molecule has 1 aliphatic heterocycles. The number of carbonyl (C=O) groups is 2. The number of nitrogens with zero attached hydrogens (tertiary/aromatic N) is 2. The van der Waals surface area contributed by atoms with Gasteiger partial charge >= 0.3 is 0 Å². The van der Waals surface area contributed by atoms with Crippen LogP contribution in [0.2, 0.25) is 0 Å². The fourth-order valence-corrected chi connectivity index (χ4v) is 7.40. The van der Waals surface area contributed by atoms with Crippen LogP contribution in [0.15, 0.2) is 18.3 Å². The van der Waals surface area contributed by atoms with Crippen molar-refractivity contribution >= 4 is 18.4 Å². The van der Waals surface area contributed by atoms with E-state index in [0.717, 1.165) is 49.6 Å². The van der Waals surface area contributed by atoms with Gasteiger partial charge in [-0.2, -0.15) is 0 Å². The number of aliphatic hydroxyl groups is 1. The molecule has 1 unspecified atom stereocenters. The molecule has 1 aromatic carbocycles. The molecule has 3 aliphatic rings. The van der Waals surface area contributed by atoms with E-state index in [-0.39, 0.29) is 23.8 Å². The highest BCUT2D eigenvalue weighted by atomic mass is 16.5. The topological polar surface area (TPSA) is 79.3 Å². The van der Waals surface area contributed by atoms with Crippen LogP contribution in [0.4, 0.5) is 0 Å². The summed E-state index contributed by atoms with van der Waals surface area (Å²) in [7, 11) is 3.21. The van der Waals surface area contributed by atoms with Gasteiger partial charge in [-0.05, 0) is 67.9 Å². The summed E-state index contributed by atoms with van der Waals surface area (Å²) < 4.78 is 10.8. The minimum Gasteiger partial charge on any atom is -0.493 e. The Morgan fingerprint density at radius 3 is 2.41 bits per heavy atom. The summed E-state index contributed by atoms with van der Waals surface area (Å²) >= 11 is 0. The molecule has 0 aromatic heterocycles. The number of likely N-dealkylation sites (tertiary alicyclic amines) is 1. The molecule has 2 aliphatic carbocycles. The maximum Gasteiger partial charge on any atom is 0.225 e. The van der Waals surface area contributed by atoms with Crippen LogP contribution in [0.5, 0.6) is 11.5 Å². The zero-order valence-electron chi connectivity index (χ0n) is 24.4. The SMILES string of the molecule is COc1cc(C)c(/C=C\N(C=O)CC2(O)CCN(C(=O)[C@H](C)CC3CCCCC3)CC23CCCC3)cc1OC. The summed E-state index contributed by atoms with van der Waals surface area (Å²) in [5.41, 5.74) is 0.495. The zero-order valence-corrected chi connectivity index (χ0v) is 24.4. The lowest BCUT2D eigenvalue weighted by Crippen LogP contribution is -2.63. The third-order valence-corrected chi connectivity index (χ3v) is 9.78. The molecule has 2 saturated carbocycles. The molecule has 1 N–H and O–H groups in total. The monoisotopic (exact) mass is 540 g/mol. The highest BCUT2D eigenvalue weighted by Gasteiger charge is 2.56. The molecule has 39 heavy (non-hydrogen) atoms. The maximum absolute atomic E-state index is 13.5. The molecule has 0 bridgehead atoms. The molecule has 1 heterocycles. The molecule has 2 amide bonds. The number of hydrogen-bond acceptors (Lipinski definition) is 5. The van der Waals surface area contributed by atoms with Crippen molar-refractivity contribution in [1.29, 1.82) is 0 Å². The van der Waals surface area contributed by atoms with Crippen molar-refractivity contribution in [2.24, 2.45) is 17.3 Å². The summed E-state index contributed by atoms with van der Waals surface area (Å²) in [6.45, 7) is 5.42. The van der Waals surface area contributed by atoms with E-state index in [0.29, 0.717) is 36.9 Å². The molecule has 3 fully saturated rings. The number of piperidine rings is 1. The van der Waals surface area contributed by atoms with E-state index < -0.39 is 5.60 Å². The Balaban J connectivity index is 1.46. The predicted octanol–water partition coefficient (Wildman–Crippen LogP) is 5.57. The molecule has 1 spiro atoms. The fourth-order valence-electron chi connectivity index (χ4n) is 7.40. The van der Waals surface area contributed by atoms with Crippen LogP contribution in [0, 0.1) is 24.2 Å². The van der Waals surface area contributed by atoms with E-state index in [1.54, 1.807) is 25.3 Å². The van der Waals surface area contributed by atoms with Gasteiger partial charge in [-0.1, -0.05) is 51.9 Å². The third-order valence-electron chi connectivity index (χ3n) is 9.78. The molecular formula is C32H48N2O5. The summed E-state index contributed by atoms with van der Waals surface area (Å²) in [5.74, 6) is 2.22. The molecule has 216 valence electrons. The average molecular weight is 541 g/mol. The second kappa shape index (κ2) is 12.8. The summed E-state index contributed by atoms with van der Waals surface area (Å²) in [4.78, 5) is 29.3. The van der Waals surface area contributed by atoms with E-state index in [1.807, 2.05) is 30.0 Å². The Morgan fingerprint density at radius 2 is 1.77 bits per heavy atom. The van der Waals surface area contributed by atoms with Crippen LogP contribution >= 0.6 is 0 Å². The number of aryl methyl sites for hydroxylation is 1. The van der Waals surface area contributed by atoms with Crippen molar-refractivity contribution in [1.82, 2.24) is 9.80 Å². The second-order valence-electron chi connectivity index (χ2n) is 12.3. The normalized spacial score (nSPS) is 24.2. The van der Waals surface area contributed by atoms with Gasteiger partial charge in [0.2, 0.25) is 12.3 Å². The van der Waals surface area contributed by atoms with E-state index >= 15 is 0 Å². The van der Waals surface area contributed by atoms with Crippen molar-refractivity contribution in [3.8, 4) is 11.5 Å². The first-order valence-electron chi connectivity index (χ1n) is 14.9. The molecule has 7 heteroatoms. The number of rotatable bonds is 10. The summed E-state index contributed by atoms with van der Waals surface area (Å²) in [6, 6.07) is 3.80. The van der Waals surface area contributed by atoms with Gasteiger partial charge in [-0.3, -0.25) is 9.59 Å². The van der Waals surface area contributed by atoms with Gasteiger partial charge < -0.3 is 24.4 Å². The van der Waals surface area contributed by atoms with Gasteiger partial charge in [0.05, 0.1) is 26.4 Å². The van der Waals surface area contributed by atoms with Crippen molar-refractivity contribution in [3.63, 3.8) is 0 Å². The van der Waals surface area contributed by atoms with Crippen molar-refractivity contribution in [2.75, 3.05) is 33.9 Å². The van der Waals surface area contributed by atoms with Gasteiger partial charge in [0.25, 0.3) is 0 Å². The lowest BCUT2D eigenvalue weighted by Gasteiger charge is -2.53. The van der Waals surface area contributed by atoms with E-state index in [1.165, 1.54) is 32.1 Å². The molecular weight excluding hydrogens is 492 g/mol. The summed E-state index contributed by atoms with van der Waals surface area (Å²) in [6.07, 6.45) is 16.1. The van der Waals surface area contributed by atoms with E-state index in [2.05, 4.69) is 6.92 Å². The van der Waals surface area contributed by atoms with Crippen LogP contribution in [0.25, 0.3) is 6.08 Å². The average Bonchev–Trinajstić information content (AvgIpc) is 3.43. The molecule has 2 atom stereocenters. The molecule has 7 nitrogen and oxygen atoms in total. The molecule has 4 rings (SSSR count). The van der Waals surface area contributed by atoms with Crippen LogP contribution in [0.3, 0.4) is 0 Å². The van der Waals surface area contributed by atoms with Crippen molar-refractivity contribution in [3.05, 3.63) is 29.5 Å². The second-order valence-corrected chi connectivity index (χ2v) is 12.3. The quantitative estimate of drug-likeness (QED) is 0.393. The minimum atomic E-state index is -1.04. The van der Waals surface area contributed by atoms with Gasteiger partial charge in [0.15, 0.2) is 11.5 Å². The first kappa shape index (κ1) is 29.4. The van der Waals surface area contributed by atoms with Gasteiger partial charge in [0.1, 0.15) is 0 Å². The Kier molecular flexibility index (Phi) is 9.63. The zero-order chi connectivity index (χ0) is 28.0. The van der Waals surface area contributed by atoms with Gasteiger partial charge in [-0.25, -0.2) is 0 Å². The Labute approximate surface area is 234 Å². The Bertz CT molecular complexity index is 1030. The summed E-state index contributed by atoms with van der Waals surface area (Å²) in [5, 5.41) is 12.1. The van der Waals surface area contributed by atoms with Gasteiger partial charge in [0, 0.05) is 30.6 Å².